The predicted octanol–water partition coefficient (Wildman–Crippen LogP) is 1.50. The molecule has 1 aliphatic rings. The van der Waals surface area contributed by atoms with Gasteiger partial charge in [0.15, 0.2) is 5.82 Å². The zero-order valence-electron chi connectivity index (χ0n) is 9.69. The van der Waals surface area contributed by atoms with E-state index in [0.29, 0.717) is 23.3 Å². The van der Waals surface area contributed by atoms with Gasteiger partial charge in [-0.25, -0.2) is 9.97 Å². The van der Waals surface area contributed by atoms with E-state index in [0.717, 1.165) is 19.5 Å². The third-order valence-electron chi connectivity index (χ3n) is 2.73. The number of rotatable bonds is 3. The second kappa shape index (κ2) is 5.33. The molecule has 17 heavy (non-hydrogen) atoms. The highest BCUT2D eigenvalue weighted by Crippen LogP contribution is 2.28. The molecule has 0 atom stereocenters. The van der Waals surface area contributed by atoms with Gasteiger partial charge < -0.3 is 15.4 Å². The molecular formula is C11H15ClN4O. The van der Waals surface area contributed by atoms with Crippen LogP contribution in [0.15, 0.2) is 18.0 Å². The number of hydrogen-bond donors (Lipinski definition) is 1. The largest absolute Gasteiger partial charge is 0.382 e. The van der Waals surface area contributed by atoms with Crippen LogP contribution in [0.2, 0.25) is 5.02 Å². The lowest BCUT2D eigenvalue weighted by molar-refractivity contribution is 0.222. The maximum atomic E-state index is 6.09. The van der Waals surface area contributed by atoms with Gasteiger partial charge in [0.05, 0.1) is 6.61 Å². The van der Waals surface area contributed by atoms with Crippen LogP contribution < -0.4 is 10.6 Å². The number of hydrogen-bond acceptors (Lipinski definition) is 5. The molecule has 0 radical (unpaired) electrons. The van der Waals surface area contributed by atoms with Crippen LogP contribution in [0, 0.1) is 0 Å². The molecule has 0 fully saturated rings. The molecule has 2 heterocycles. The van der Waals surface area contributed by atoms with E-state index in [1.54, 1.807) is 7.11 Å². The molecule has 2 N–H and O–H groups in total. The van der Waals surface area contributed by atoms with Gasteiger partial charge in [0.2, 0.25) is 0 Å². The van der Waals surface area contributed by atoms with Gasteiger partial charge in [-0.2, -0.15) is 0 Å². The Hall–Kier alpha value is -1.33. The van der Waals surface area contributed by atoms with Gasteiger partial charge in [-0.1, -0.05) is 17.7 Å². The van der Waals surface area contributed by atoms with Gasteiger partial charge in [0.1, 0.15) is 17.2 Å². The fraction of sp³-hybridized carbons (Fsp3) is 0.455. The molecular weight excluding hydrogens is 240 g/mol. The van der Waals surface area contributed by atoms with E-state index in [1.807, 2.05) is 0 Å². The van der Waals surface area contributed by atoms with Crippen molar-refractivity contribution in [1.82, 2.24) is 9.97 Å². The van der Waals surface area contributed by atoms with Crippen molar-refractivity contribution in [2.24, 2.45) is 0 Å². The highest BCUT2D eigenvalue weighted by molar-refractivity contribution is 6.35. The van der Waals surface area contributed by atoms with Crippen molar-refractivity contribution in [3.05, 3.63) is 23.0 Å². The Morgan fingerprint density at radius 1 is 1.53 bits per heavy atom. The van der Waals surface area contributed by atoms with Crippen molar-refractivity contribution in [3.63, 3.8) is 0 Å². The summed E-state index contributed by atoms with van der Waals surface area (Å²) < 4.78 is 5.11. The first kappa shape index (κ1) is 12.1. The van der Waals surface area contributed by atoms with E-state index >= 15 is 0 Å². The maximum Gasteiger partial charge on any atom is 0.153 e. The fourth-order valence-corrected chi connectivity index (χ4v) is 2.03. The highest BCUT2D eigenvalue weighted by atomic mass is 35.5. The molecule has 1 aromatic rings. The molecule has 0 aromatic carbocycles. The van der Waals surface area contributed by atoms with E-state index in [2.05, 4.69) is 20.9 Å². The standard InChI is InChI=1S/C11H15ClN4O/c1-17-6-8-2-4-16(5-3-8)11-9(12)10(13)14-7-15-11/h2,7H,3-6H2,1H3,(H2,13,14,15). The Bertz CT molecular complexity index is 435. The van der Waals surface area contributed by atoms with E-state index in [-0.39, 0.29) is 0 Å². The summed E-state index contributed by atoms with van der Waals surface area (Å²) in [5, 5.41) is 0.427. The van der Waals surface area contributed by atoms with Crippen LogP contribution in [-0.2, 0) is 4.74 Å². The summed E-state index contributed by atoms with van der Waals surface area (Å²) in [4.78, 5) is 10.1. The number of ether oxygens (including phenoxy) is 1. The predicted molar refractivity (Wildman–Crippen MR) is 68.2 cm³/mol. The van der Waals surface area contributed by atoms with E-state index < -0.39 is 0 Å². The Kier molecular flexibility index (Phi) is 3.81. The summed E-state index contributed by atoms with van der Waals surface area (Å²) in [5.74, 6) is 1.02. The molecule has 6 heteroatoms. The average Bonchev–Trinajstić information content (AvgIpc) is 2.34. The molecule has 0 spiro atoms. The van der Waals surface area contributed by atoms with Crippen LogP contribution in [0.25, 0.3) is 0 Å². The summed E-state index contributed by atoms with van der Waals surface area (Å²) in [6.07, 6.45) is 4.53. The van der Waals surface area contributed by atoms with Crippen LogP contribution in [0.4, 0.5) is 11.6 Å². The molecule has 0 saturated heterocycles. The summed E-state index contributed by atoms with van der Waals surface area (Å²) in [7, 11) is 1.70. The molecule has 1 aliphatic heterocycles. The second-order valence-electron chi connectivity index (χ2n) is 3.89. The number of nitrogens with two attached hydrogens (primary N) is 1. The second-order valence-corrected chi connectivity index (χ2v) is 4.27. The average molecular weight is 255 g/mol. The quantitative estimate of drug-likeness (QED) is 0.828. The Morgan fingerprint density at radius 3 is 3.00 bits per heavy atom. The molecule has 92 valence electrons. The Morgan fingerprint density at radius 2 is 2.35 bits per heavy atom. The molecule has 0 aliphatic carbocycles. The lowest BCUT2D eigenvalue weighted by atomic mass is 10.1. The summed E-state index contributed by atoms with van der Waals surface area (Å²) in [6, 6.07) is 0. The lowest BCUT2D eigenvalue weighted by Crippen LogP contribution is -2.30. The number of nitrogens with zero attached hydrogens (tertiary/aromatic N) is 3. The van der Waals surface area contributed by atoms with E-state index in [9.17, 15) is 0 Å². The summed E-state index contributed by atoms with van der Waals surface area (Å²) in [5.41, 5.74) is 6.96. The first-order valence-corrected chi connectivity index (χ1v) is 5.78. The van der Waals surface area contributed by atoms with Gasteiger partial charge in [-0.3, -0.25) is 0 Å². The van der Waals surface area contributed by atoms with Crippen LogP contribution in [0.1, 0.15) is 6.42 Å². The fourth-order valence-electron chi connectivity index (χ4n) is 1.81. The third kappa shape index (κ3) is 2.68. The zero-order valence-corrected chi connectivity index (χ0v) is 10.4. The normalized spacial score (nSPS) is 15.9. The van der Waals surface area contributed by atoms with Crippen LogP contribution in [-0.4, -0.2) is 36.8 Å². The molecule has 0 bridgehead atoms. The van der Waals surface area contributed by atoms with Gasteiger partial charge in [-0.15, -0.1) is 0 Å². The Labute approximate surface area is 105 Å². The van der Waals surface area contributed by atoms with Crippen molar-refractivity contribution in [2.45, 2.75) is 6.42 Å². The Balaban J connectivity index is 2.13. The van der Waals surface area contributed by atoms with Gasteiger partial charge in [0, 0.05) is 20.2 Å². The molecule has 5 nitrogen and oxygen atoms in total. The van der Waals surface area contributed by atoms with Crippen LogP contribution >= 0.6 is 11.6 Å². The monoisotopic (exact) mass is 254 g/mol. The summed E-state index contributed by atoms with van der Waals surface area (Å²) in [6.45, 7) is 2.33. The molecule has 0 amide bonds. The highest BCUT2D eigenvalue weighted by Gasteiger charge is 2.17. The van der Waals surface area contributed by atoms with Crippen molar-refractivity contribution in [2.75, 3.05) is 37.4 Å². The molecule has 1 aromatic heterocycles. The third-order valence-corrected chi connectivity index (χ3v) is 3.09. The number of methoxy groups -OCH3 is 1. The molecule has 2 rings (SSSR count). The number of halogens is 1. The van der Waals surface area contributed by atoms with E-state index in [1.165, 1.54) is 11.9 Å². The van der Waals surface area contributed by atoms with Crippen LogP contribution in [0.3, 0.4) is 0 Å². The summed E-state index contributed by atoms with van der Waals surface area (Å²) >= 11 is 6.09. The first-order chi connectivity index (χ1) is 8.22. The minimum Gasteiger partial charge on any atom is -0.382 e. The topological polar surface area (TPSA) is 64.3 Å². The maximum absolute atomic E-state index is 6.09. The number of aromatic nitrogens is 2. The minimum absolute atomic E-state index is 0.323. The van der Waals surface area contributed by atoms with E-state index in [4.69, 9.17) is 22.1 Å². The van der Waals surface area contributed by atoms with Crippen molar-refractivity contribution >= 4 is 23.2 Å². The van der Waals surface area contributed by atoms with Crippen molar-refractivity contribution in [3.8, 4) is 0 Å². The lowest BCUT2D eigenvalue weighted by Gasteiger charge is -2.27. The van der Waals surface area contributed by atoms with Crippen molar-refractivity contribution < 1.29 is 4.74 Å². The van der Waals surface area contributed by atoms with Gasteiger partial charge >= 0.3 is 0 Å². The number of anilines is 2. The van der Waals surface area contributed by atoms with Gasteiger partial charge in [-0.05, 0) is 12.0 Å². The number of nitrogen functional groups attached to an aromatic ring is 1. The van der Waals surface area contributed by atoms with Crippen molar-refractivity contribution in [1.29, 1.82) is 0 Å². The van der Waals surface area contributed by atoms with Crippen LogP contribution in [0.5, 0.6) is 0 Å². The SMILES string of the molecule is COCC1=CCN(c2ncnc(N)c2Cl)CC1. The smallest absolute Gasteiger partial charge is 0.153 e. The molecule has 0 saturated carbocycles. The zero-order chi connectivity index (χ0) is 12.3. The first-order valence-electron chi connectivity index (χ1n) is 5.40. The molecule has 0 unspecified atom stereocenters. The minimum atomic E-state index is 0.323. The van der Waals surface area contributed by atoms with Gasteiger partial charge in [0.25, 0.3) is 0 Å².